The zero-order chi connectivity index (χ0) is 12.6. The van der Waals surface area contributed by atoms with E-state index in [1.807, 2.05) is 30.3 Å². The summed E-state index contributed by atoms with van der Waals surface area (Å²) in [6.07, 6.45) is 10.0. The summed E-state index contributed by atoms with van der Waals surface area (Å²) < 4.78 is 17.9. The average Bonchev–Trinajstić information content (AvgIpc) is 3.15. The second kappa shape index (κ2) is 4.37. The van der Waals surface area contributed by atoms with Crippen molar-refractivity contribution in [2.75, 3.05) is 7.11 Å². The molecule has 1 fully saturated rings. The minimum absolute atomic E-state index is 0.0645. The van der Waals surface area contributed by atoms with E-state index >= 15 is 0 Å². The number of fused-ring (bicyclic) bond motifs is 1. The van der Waals surface area contributed by atoms with E-state index in [1.54, 1.807) is 7.11 Å². The van der Waals surface area contributed by atoms with Gasteiger partial charge in [0.2, 0.25) is 0 Å². The summed E-state index contributed by atoms with van der Waals surface area (Å²) in [7, 11) is 0.387. The van der Waals surface area contributed by atoms with Crippen molar-refractivity contribution in [3.63, 3.8) is 0 Å². The van der Waals surface area contributed by atoms with E-state index in [-0.39, 0.29) is 5.16 Å². The van der Waals surface area contributed by atoms with Crippen molar-refractivity contribution in [2.24, 2.45) is 5.92 Å². The highest BCUT2D eigenvalue weighted by Gasteiger charge is 2.66. The molecule has 2 aliphatic rings. The van der Waals surface area contributed by atoms with Gasteiger partial charge in [0.25, 0.3) is 0 Å². The fourth-order valence-corrected chi connectivity index (χ4v) is 4.62. The summed E-state index contributed by atoms with van der Waals surface area (Å²) in [5.41, 5.74) is 1.05. The Hall–Kier alpha value is -1.40. The fourth-order valence-electron chi connectivity index (χ4n) is 2.65. The number of allylic oxidation sites excluding steroid dienone is 4. The topological polar surface area (TPSA) is 26.3 Å². The van der Waals surface area contributed by atoms with Gasteiger partial charge >= 0.3 is 7.80 Å². The molecule has 0 aromatic heterocycles. The lowest BCUT2D eigenvalue weighted by atomic mass is 10.2. The molecule has 18 heavy (non-hydrogen) atoms. The molecule has 0 saturated heterocycles. The first-order valence-corrected chi connectivity index (χ1v) is 7.63. The van der Waals surface area contributed by atoms with Gasteiger partial charge < -0.3 is 4.74 Å². The van der Waals surface area contributed by atoms with E-state index in [0.717, 1.165) is 17.7 Å². The van der Waals surface area contributed by atoms with Crippen LogP contribution in [-0.4, -0.2) is 12.3 Å². The van der Waals surface area contributed by atoms with Crippen molar-refractivity contribution >= 4 is 7.80 Å². The lowest BCUT2D eigenvalue weighted by Gasteiger charge is -2.06. The molecular weight excluding hydrogens is 243 g/mol. The number of methoxy groups -OCH3 is 1. The highest BCUT2D eigenvalue weighted by Crippen LogP contribution is 2.65. The molecule has 0 N–H and O–H groups in total. The van der Waals surface area contributed by atoms with Crippen molar-refractivity contribution < 1.29 is 9.30 Å². The number of hydrogen-bond donors (Lipinski definition) is 0. The van der Waals surface area contributed by atoms with E-state index in [4.69, 9.17) is 4.74 Å². The van der Waals surface area contributed by atoms with Crippen molar-refractivity contribution in [2.45, 2.75) is 17.7 Å². The third kappa shape index (κ3) is 1.81. The molecule has 92 valence electrons. The van der Waals surface area contributed by atoms with Gasteiger partial charge in [-0.05, 0) is 12.1 Å². The molecule has 0 amide bonds. The van der Waals surface area contributed by atoms with E-state index in [2.05, 4.69) is 18.2 Å². The summed E-state index contributed by atoms with van der Waals surface area (Å²) in [5, 5.41) is -0.0645. The standard InChI is InChI=1S/C15H16O2P/c1-17-14-8-3-2-6-12(14)11-18(16)15-9-5-4-7-13(15)10-15/h2-9,13H,10-11H2,1H3/q+1. The van der Waals surface area contributed by atoms with Gasteiger partial charge in [-0.3, -0.25) is 0 Å². The molecule has 2 aliphatic carbocycles. The lowest BCUT2D eigenvalue weighted by Crippen LogP contribution is -2.05. The SMILES string of the molecule is COc1ccccc1C[P+](=O)C12C=CC=CC1C2. The number of hydrogen-bond acceptors (Lipinski definition) is 2. The summed E-state index contributed by atoms with van der Waals surface area (Å²) in [6.45, 7) is 0. The third-order valence-corrected chi connectivity index (χ3v) is 6.06. The van der Waals surface area contributed by atoms with Gasteiger partial charge in [0.15, 0.2) is 11.3 Å². The zero-order valence-corrected chi connectivity index (χ0v) is 11.3. The number of benzene rings is 1. The molecule has 1 saturated carbocycles. The van der Waals surface area contributed by atoms with Crippen LogP contribution in [0.3, 0.4) is 0 Å². The Balaban J connectivity index is 1.80. The summed E-state index contributed by atoms with van der Waals surface area (Å²) in [6, 6.07) is 7.84. The smallest absolute Gasteiger partial charge is 0.354 e. The summed E-state index contributed by atoms with van der Waals surface area (Å²) in [5.74, 6) is 1.32. The van der Waals surface area contributed by atoms with Crippen LogP contribution in [0.5, 0.6) is 5.75 Å². The highest BCUT2D eigenvalue weighted by atomic mass is 31.1. The fraction of sp³-hybridized carbons (Fsp3) is 0.333. The molecule has 3 unspecified atom stereocenters. The van der Waals surface area contributed by atoms with Crippen LogP contribution in [0.25, 0.3) is 0 Å². The molecule has 2 nitrogen and oxygen atoms in total. The van der Waals surface area contributed by atoms with E-state index in [1.165, 1.54) is 0 Å². The van der Waals surface area contributed by atoms with Crippen LogP contribution in [-0.2, 0) is 10.7 Å². The Morgan fingerprint density at radius 3 is 3.00 bits per heavy atom. The van der Waals surface area contributed by atoms with Gasteiger partial charge in [0, 0.05) is 17.9 Å². The van der Waals surface area contributed by atoms with Gasteiger partial charge in [-0.1, -0.05) is 41.0 Å². The first-order chi connectivity index (χ1) is 8.76. The number of para-hydroxylation sites is 1. The maximum atomic E-state index is 12.6. The van der Waals surface area contributed by atoms with Crippen LogP contribution < -0.4 is 4.74 Å². The molecule has 0 heterocycles. The van der Waals surface area contributed by atoms with Crippen molar-refractivity contribution in [1.82, 2.24) is 0 Å². The number of ether oxygens (including phenoxy) is 1. The molecular formula is C15H16O2P+. The van der Waals surface area contributed by atoms with Crippen LogP contribution in [0.15, 0.2) is 48.6 Å². The van der Waals surface area contributed by atoms with Crippen LogP contribution in [0.4, 0.5) is 0 Å². The summed E-state index contributed by atoms with van der Waals surface area (Å²) in [4.78, 5) is 0. The predicted molar refractivity (Wildman–Crippen MR) is 73.4 cm³/mol. The Morgan fingerprint density at radius 2 is 2.22 bits per heavy atom. The van der Waals surface area contributed by atoms with Gasteiger partial charge in [-0.2, -0.15) is 0 Å². The van der Waals surface area contributed by atoms with Crippen molar-refractivity contribution in [3.8, 4) is 5.75 Å². The molecule has 1 aromatic carbocycles. The first-order valence-electron chi connectivity index (χ1n) is 6.19. The molecule has 0 aliphatic heterocycles. The Kier molecular flexibility index (Phi) is 2.83. The van der Waals surface area contributed by atoms with Crippen molar-refractivity contribution in [3.05, 3.63) is 54.1 Å². The number of rotatable bonds is 4. The van der Waals surface area contributed by atoms with E-state index < -0.39 is 7.80 Å². The first kappa shape index (κ1) is 11.7. The normalized spacial score (nSPS) is 28.7. The molecule has 0 spiro atoms. The summed E-state index contributed by atoms with van der Waals surface area (Å²) >= 11 is 0. The highest BCUT2D eigenvalue weighted by molar-refractivity contribution is 7.46. The quantitative estimate of drug-likeness (QED) is 0.766. The lowest BCUT2D eigenvalue weighted by molar-refractivity contribution is 0.411. The van der Waals surface area contributed by atoms with Gasteiger partial charge in [0.05, 0.1) is 7.11 Å². The minimum Gasteiger partial charge on any atom is -0.496 e. The third-order valence-electron chi connectivity index (χ3n) is 3.84. The molecule has 1 aromatic rings. The monoisotopic (exact) mass is 259 g/mol. The average molecular weight is 259 g/mol. The molecule has 3 atom stereocenters. The minimum atomic E-state index is -1.27. The van der Waals surface area contributed by atoms with E-state index in [0.29, 0.717) is 12.1 Å². The second-order valence-corrected chi connectivity index (χ2v) is 6.80. The zero-order valence-electron chi connectivity index (χ0n) is 10.4. The van der Waals surface area contributed by atoms with Crippen LogP contribution in [0.1, 0.15) is 12.0 Å². The largest absolute Gasteiger partial charge is 0.496 e. The maximum absolute atomic E-state index is 12.6. The molecule has 0 bridgehead atoms. The van der Waals surface area contributed by atoms with Gasteiger partial charge in [-0.15, -0.1) is 0 Å². The van der Waals surface area contributed by atoms with Crippen LogP contribution in [0.2, 0.25) is 0 Å². The van der Waals surface area contributed by atoms with Crippen molar-refractivity contribution in [1.29, 1.82) is 0 Å². The second-order valence-electron chi connectivity index (χ2n) is 4.89. The molecule has 0 radical (unpaired) electrons. The molecule has 3 rings (SSSR count). The Bertz CT molecular complexity index is 547. The Labute approximate surface area is 108 Å². The molecule has 3 heteroatoms. The van der Waals surface area contributed by atoms with Gasteiger partial charge in [-0.25, -0.2) is 0 Å². The van der Waals surface area contributed by atoms with Crippen LogP contribution in [0, 0.1) is 5.92 Å². The van der Waals surface area contributed by atoms with Gasteiger partial charge in [0.1, 0.15) is 5.75 Å². The van der Waals surface area contributed by atoms with E-state index in [9.17, 15) is 4.57 Å². The van der Waals surface area contributed by atoms with Crippen LogP contribution >= 0.6 is 7.80 Å². The predicted octanol–water partition coefficient (Wildman–Crippen LogP) is 3.91. The Morgan fingerprint density at radius 1 is 1.39 bits per heavy atom. The maximum Gasteiger partial charge on any atom is 0.354 e.